The van der Waals surface area contributed by atoms with Crippen molar-refractivity contribution in [3.63, 3.8) is 0 Å². The highest BCUT2D eigenvalue weighted by molar-refractivity contribution is 9.09. The molecule has 6 nitrogen and oxygen atoms in total. The third-order valence-corrected chi connectivity index (χ3v) is 5.28. The van der Waals surface area contributed by atoms with Gasteiger partial charge in [0.15, 0.2) is 0 Å². The summed E-state index contributed by atoms with van der Waals surface area (Å²) in [4.78, 5) is 21.5. The summed E-state index contributed by atoms with van der Waals surface area (Å²) in [6.07, 6.45) is -9.07. The van der Waals surface area contributed by atoms with Crippen LogP contribution < -0.4 is 0 Å². The van der Waals surface area contributed by atoms with Gasteiger partial charge in [-0.1, -0.05) is 39.2 Å². The molecule has 13 heteroatoms. The summed E-state index contributed by atoms with van der Waals surface area (Å²) in [7, 11) is 0. The molecule has 2 aromatic rings. The molecule has 0 spiro atoms. The molecule has 1 atom stereocenters. The zero-order valence-electron chi connectivity index (χ0n) is 22.8. The second kappa shape index (κ2) is 18.0. The van der Waals surface area contributed by atoms with Crippen LogP contribution in [0.15, 0.2) is 36.4 Å². The average molecular weight is 651 g/mol. The van der Waals surface area contributed by atoms with E-state index in [4.69, 9.17) is 15.3 Å². The zero-order chi connectivity index (χ0) is 31.8. The van der Waals surface area contributed by atoms with Crippen LogP contribution in [0.25, 0.3) is 0 Å². The van der Waals surface area contributed by atoms with Crippen molar-refractivity contribution in [3.05, 3.63) is 69.8 Å². The zero-order valence-corrected chi connectivity index (χ0v) is 24.3. The molecule has 0 aromatic heterocycles. The molecule has 0 radical (unpaired) electrons. The summed E-state index contributed by atoms with van der Waals surface area (Å²) in [6.45, 7) is 7.12. The second-order valence-electron chi connectivity index (χ2n) is 8.30. The Labute approximate surface area is 243 Å². The lowest BCUT2D eigenvalue weighted by atomic mass is 9.93. The molecular formula is C28H29BrF6N2O4. The Hall–Kier alpha value is -3.58. The third kappa shape index (κ3) is 15.1. The lowest BCUT2D eigenvalue weighted by Gasteiger charge is -2.13. The maximum atomic E-state index is 12.7. The van der Waals surface area contributed by atoms with Gasteiger partial charge in [0.2, 0.25) is 0 Å². The van der Waals surface area contributed by atoms with Gasteiger partial charge in [0.25, 0.3) is 0 Å². The number of ether oxygens (including phenoxy) is 2. The molecule has 0 heterocycles. The Bertz CT molecular complexity index is 1230. The van der Waals surface area contributed by atoms with Crippen LogP contribution in [0, 0.1) is 36.5 Å². The number of hydrogen-bond acceptors (Lipinski definition) is 6. The van der Waals surface area contributed by atoms with E-state index in [0.29, 0.717) is 28.6 Å². The molecule has 41 heavy (non-hydrogen) atoms. The quantitative estimate of drug-likeness (QED) is 0.174. The SMILES string of the molecule is CCOC(=O)CBr.CCOC(=O)CC(C#N)c1cc(C)cc(C(F)(F)F)c1.Cc1cc(CC#N)cc(C(F)(F)F)c1. The summed E-state index contributed by atoms with van der Waals surface area (Å²) in [5, 5.41) is 17.7. The molecule has 0 N–H and O–H groups in total. The van der Waals surface area contributed by atoms with E-state index in [-0.39, 0.29) is 31.0 Å². The number of aryl methyl sites for hydroxylation is 2. The van der Waals surface area contributed by atoms with E-state index in [2.05, 4.69) is 20.7 Å². The highest BCUT2D eigenvalue weighted by atomic mass is 79.9. The standard InChI is InChI=1S/C14H14F3NO2.C10H8F3N.C4H7BrO2/c1-3-20-13(19)7-11(8-18)10-4-9(2)5-12(6-10)14(15,16)17;1-7-4-8(2-3-14)6-9(5-7)10(11,12)13;1-2-7-4(6)3-5/h4-6,11H,3,7H2,1-2H3;4-6H,2H2,1H3;2-3H2,1H3. The van der Waals surface area contributed by atoms with E-state index in [1.165, 1.54) is 13.0 Å². The van der Waals surface area contributed by atoms with Crippen LogP contribution in [-0.2, 0) is 37.8 Å². The van der Waals surface area contributed by atoms with Crippen molar-refractivity contribution in [3.8, 4) is 12.1 Å². The second-order valence-corrected chi connectivity index (χ2v) is 8.86. The number of esters is 2. The fraction of sp³-hybridized carbons (Fsp3) is 0.429. The van der Waals surface area contributed by atoms with Crippen LogP contribution in [0.1, 0.15) is 59.6 Å². The number of rotatable bonds is 7. The van der Waals surface area contributed by atoms with E-state index in [1.807, 2.05) is 12.1 Å². The Morgan fingerprint density at radius 2 is 1.32 bits per heavy atom. The number of halogens is 7. The number of nitriles is 2. The van der Waals surface area contributed by atoms with Gasteiger partial charge in [0, 0.05) is 0 Å². The lowest BCUT2D eigenvalue weighted by Crippen LogP contribution is -2.11. The molecule has 0 aliphatic carbocycles. The van der Waals surface area contributed by atoms with Crippen LogP contribution in [0.5, 0.6) is 0 Å². The number of hydrogen-bond donors (Lipinski definition) is 0. The molecule has 0 amide bonds. The van der Waals surface area contributed by atoms with E-state index in [9.17, 15) is 35.9 Å². The van der Waals surface area contributed by atoms with Crippen molar-refractivity contribution >= 4 is 27.9 Å². The van der Waals surface area contributed by atoms with Gasteiger partial charge in [-0.05, 0) is 63.1 Å². The van der Waals surface area contributed by atoms with Crippen LogP contribution in [0.2, 0.25) is 0 Å². The molecule has 0 bridgehead atoms. The van der Waals surface area contributed by atoms with Gasteiger partial charge in [-0.15, -0.1) is 0 Å². The number of nitrogens with zero attached hydrogens (tertiary/aromatic N) is 2. The summed E-state index contributed by atoms with van der Waals surface area (Å²) < 4.78 is 84.3. The Morgan fingerprint density at radius 3 is 1.73 bits per heavy atom. The molecule has 0 aliphatic heterocycles. The largest absolute Gasteiger partial charge is 0.466 e. The molecular weight excluding hydrogens is 622 g/mol. The van der Waals surface area contributed by atoms with Gasteiger partial charge in [-0.25, -0.2) is 0 Å². The highest BCUT2D eigenvalue weighted by Crippen LogP contribution is 2.33. The normalized spacial score (nSPS) is 11.3. The number of carbonyl (C=O) groups is 2. The minimum absolute atomic E-state index is 0.00472. The summed E-state index contributed by atoms with van der Waals surface area (Å²) in [5.41, 5.74) is -0.0314. The van der Waals surface area contributed by atoms with Crippen LogP contribution in [0.4, 0.5) is 26.3 Å². The van der Waals surface area contributed by atoms with Crippen molar-refractivity contribution in [1.29, 1.82) is 10.5 Å². The van der Waals surface area contributed by atoms with Gasteiger partial charge in [-0.2, -0.15) is 36.9 Å². The Morgan fingerprint density at radius 1 is 0.829 bits per heavy atom. The number of alkyl halides is 7. The maximum absolute atomic E-state index is 12.7. The summed E-state index contributed by atoms with van der Waals surface area (Å²) in [6, 6.07) is 10.7. The molecule has 2 aromatic carbocycles. The minimum Gasteiger partial charge on any atom is -0.466 e. The highest BCUT2D eigenvalue weighted by Gasteiger charge is 2.32. The smallest absolute Gasteiger partial charge is 0.416 e. The molecule has 224 valence electrons. The fourth-order valence-corrected chi connectivity index (χ4v) is 3.38. The average Bonchev–Trinajstić information content (AvgIpc) is 2.87. The van der Waals surface area contributed by atoms with Gasteiger partial charge < -0.3 is 9.47 Å². The minimum atomic E-state index is -4.48. The first kappa shape index (κ1) is 37.4. The van der Waals surface area contributed by atoms with Gasteiger partial charge in [0.05, 0.1) is 55.2 Å². The number of benzene rings is 2. The molecule has 0 aliphatic rings. The third-order valence-electron chi connectivity index (χ3n) is 4.82. The first-order valence-corrected chi connectivity index (χ1v) is 13.1. The molecule has 0 fully saturated rings. The van der Waals surface area contributed by atoms with Crippen LogP contribution in [-0.4, -0.2) is 30.5 Å². The first-order chi connectivity index (χ1) is 19.0. The Balaban J connectivity index is 0.000000659. The Kier molecular flexibility index (Phi) is 16.4. The van der Waals surface area contributed by atoms with E-state index in [0.717, 1.165) is 24.3 Å². The van der Waals surface area contributed by atoms with Crippen molar-refractivity contribution in [1.82, 2.24) is 0 Å². The number of carbonyl (C=O) groups excluding carboxylic acids is 2. The van der Waals surface area contributed by atoms with Crippen LogP contribution >= 0.6 is 15.9 Å². The molecule has 0 saturated carbocycles. The predicted molar refractivity (Wildman–Crippen MR) is 142 cm³/mol. The molecule has 1 unspecified atom stereocenters. The summed E-state index contributed by atoms with van der Waals surface area (Å²) in [5.74, 6) is -1.76. The van der Waals surface area contributed by atoms with E-state index in [1.54, 1.807) is 26.8 Å². The van der Waals surface area contributed by atoms with Crippen molar-refractivity contribution in [2.24, 2.45) is 0 Å². The molecule has 2 rings (SSSR count). The summed E-state index contributed by atoms with van der Waals surface area (Å²) >= 11 is 2.94. The van der Waals surface area contributed by atoms with Gasteiger partial charge in [-0.3, -0.25) is 9.59 Å². The fourth-order valence-electron chi connectivity index (χ4n) is 3.22. The van der Waals surface area contributed by atoms with Crippen molar-refractivity contribution in [2.75, 3.05) is 18.5 Å². The maximum Gasteiger partial charge on any atom is 0.416 e. The van der Waals surface area contributed by atoms with E-state index < -0.39 is 35.4 Å². The van der Waals surface area contributed by atoms with Crippen molar-refractivity contribution in [2.45, 2.75) is 58.8 Å². The predicted octanol–water partition coefficient (Wildman–Crippen LogP) is 7.60. The van der Waals surface area contributed by atoms with Crippen LogP contribution in [0.3, 0.4) is 0 Å². The molecule has 0 saturated heterocycles. The van der Waals surface area contributed by atoms with Gasteiger partial charge in [0.1, 0.15) is 5.33 Å². The van der Waals surface area contributed by atoms with Gasteiger partial charge >= 0.3 is 24.3 Å². The van der Waals surface area contributed by atoms with Crippen molar-refractivity contribution < 1.29 is 45.4 Å². The monoisotopic (exact) mass is 650 g/mol. The lowest BCUT2D eigenvalue weighted by molar-refractivity contribution is -0.143. The topological polar surface area (TPSA) is 100 Å². The first-order valence-electron chi connectivity index (χ1n) is 12.0. The van der Waals surface area contributed by atoms with E-state index >= 15 is 0 Å².